The Labute approximate surface area is 214 Å². The number of anilines is 1. The Hall–Kier alpha value is -3.16. The van der Waals surface area contributed by atoms with Gasteiger partial charge in [0.2, 0.25) is 22.3 Å². The lowest BCUT2D eigenvalue weighted by atomic mass is 10.0. The third-order valence-electron chi connectivity index (χ3n) is 5.56. The highest BCUT2D eigenvalue weighted by atomic mass is 32.2. The first-order valence-electron chi connectivity index (χ1n) is 11.6. The Kier molecular flexibility index (Phi) is 8.44. The molecule has 1 fully saturated rings. The summed E-state index contributed by atoms with van der Waals surface area (Å²) in [6.45, 7) is 4.07. The lowest BCUT2D eigenvalue weighted by molar-refractivity contribution is -0.109. The highest BCUT2D eigenvalue weighted by Gasteiger charge is 2.36. The summed E-state index contributed by atoms with van der Waals surface area (Å²) < 4.78 is 33.1. The predicted molar refractivity (Wildman–Crippen MR) is 138 cm³/mol. The number of amides is 1. The summed E-state index contributed by atoms with van der Waals surface area (Å²) >= 11 is 1.47. The number of rotatable bonds is 14. The molecule has 1 aliphatic carbocycles. The number of nitrogens with zero attached hydrogens (tertiary/aromatic N) is 5. The van der Waals surface area contributed by atoms with Gasteiger partial charge in [-0.1, -0.05) is 0 Å². The normalized spacial score (nSPS) is 14.4. The van der Waals surface area contributed by atoms with E-state index >= 15 is 0 Å². The van der Waals surface area contributed by atoms with Crippen molar-refractivity contribution in [2.75, 3.05) is 38.0 Å². The molecule has 11 nitrogen and oxygen atoms in total. The Morgan fingerprint density at radius 1 is 1.28 bits per heavy atom. The Morgan fingerprint density at radius 2 is 2.11 bits per heavy atom. The molecule has 1 atom stereocenters. The highest BCUT2D eigenvalue weighted by molar-refractivity contribution is 7.93. The third kappa shape index (κ3) is 6.74. The largest absolute Gasteiger partial charge is 0.477 e. The van der Waals surface area contributed by atoms with Crippen LogP contribution in [0.25, 0.3) is 10.6 Å². The van der Waals surface area contributed by atoms with Gasteiger partial charge < -0.3 is 15.0 Å². The third-order valence-corrected chi connectivity index (χ3v) is 8.56. The number of likely N-dealkylation sites (N-methyl/N-ethyl adjacent to an activating group) is 1. The van der Waals surface area contributed by atoms with E-state index in [-0.39, 0.29) is 11.2 Å². The quantitative estimate of drug-likeness (QED) is 0.236. The van der Waals surface area contributed by atoms with Gasteiger partial charge in [0, 0.05) is 32.0 Å². The van der Waals surface area contributed by atoms with E-state index in [2.05, 4.69) is 34.9 Å². The maximum Gasteiger partial charge on any atom is 0.235 e. The van der Waals surface area contributed by atoms with Crippen molar-refractivity contribution in [3.63, 3.8) is 0 Å². The Balaban J connectivity index is 1.62. The maximum atomic E-state index is 12.5. The molecule has 4 rings (SSSR count). The molecular weight excluding hydrogens is 502 g/mol. The summed E-state index contributed by atoms with van der Waals surface area (Å²) in [5.74, 6) is 0.208. The van der Waals surface area contributed by atoms with Crippen molar-refractivity contribution in [1.82, 2.24) is 30.2 Å². The minimum Gasteiger partial charge on any atom is -0.477 e. The van der Waals surface area contributed by atoms with Crippen LogP contribution < -0.4 is 14.8 Å². The molecule has 0 aromatic carbocycles. The molecule has 13 heteroatoms. The molecule has 1 saturated carbocycles. The second-order valence-corrected chi connectivity index (χ2v) is 11.5. The minimum absolute atomic E-state index is 0.238. The lowest BCUT2D eigenvalue weighted by Crippen LogP contribution is -2.32. The molecule has 0 aliphatic heterocycles. The van der Waals surface area contributed by atoms with Gasteiger partial charge in [-0.3, -0.25) is 19.5 Å². The van der Waals surface area contributed by atoms with E-state index in [4.69, 9.17) is 4.74 Å². The van der Waals surface area contributed by atoms with Crippen molar-refractivity contribution in [3.8, 4) is 16.5 Å². The summed E-state index contributed by atoms with van der Waals surface area (Å²) in [5, 5.41) is 3.15. The van der Waals surface area contributed by atoms with Crippen LogP contribution in [0.1, 0.15) is 36.4 Å². The van der Waals surface area contributed by atoms with Crippen molar-refractivity contribution in [3.05, 3.63) is 47.6 Å². The van der Waals surface area contributed by atoms with Gasteiger partial charge in [-0.15, -0.1) is 11.3 Å². The molecule has 1 aliphatic rings. The van der Waals surface area contributed by atoms with E-state index < -0.39 is 10.0 Å². The molecule has 1 unspecified atom stereocenters. The molecule has 0 saturated heterocycles. The standard InChI is InChI=1S/C23H29N7O4S2/c1-3-34-22-13-25-11-20(28-22)21-12-27-23(35-21)18(14-30(2)9-8-24-15-31)19-10-16(6-7-26-19)29-36(32,33)17-4-5-17/h6-7,10-13,15,17-18H,3-5,8-9,14H2,1-2H3,(H,24,31)(H,26,29). The zero-order valence-electron chi connectivity index (χ0n) is 20.1. The van der Waals surface area contributed by atoms with Crippen molar-refractivity contribution in [2.45, 2.75) is 30.9 Å². The number of aromatic nitrogens is 4. The van der Waals surface area contributed by atoms with Crippen LogP contribution in [0.2, 0.25) is 0 Å². The molecule has 3 aromatic heterocycles. The van der Waals surface area contributed by atoms with E-state index in [1.807, 2.05) is 14.0 Å². The summed E-state index contributed by atoms with van der Waals surface area (Å²) in [7, 11) is -1.45. The smallest absolute Gasteiger partial charge is 0.235 e. The van der Waals surface area contributed by atoms with Gasteiger partial charge in [0.1, 0.15) is 10.7 Å². The van der Waals surface area contributed by atoms with Crippen LogP contribution in [0.3, 0.4) is 0 Å². The first kappa shape index (κ1) is 25.9. The number of sulfonamides is 1. The number of ether oxygens (including phenoxy) is 1. The van der Waals surface area contributed by atoms with Crippen molar-refractivity contribution in [1.29, 1.82) is 0 Å². The number of thiazole rings is 1. The molecule has 3 heterocycles. The predicted octanol–water partition coefficient (Wildman–Crippen LogP) is 2.11. The van der Waals surface area contributed by atoms with E-state index in [1.165, 1.54) is 11.3 Å². The van der Waals surface area contributed by atoms with Gasteiger partial charge in [-0.2, -0.15) is 0 Å². The highest BCUT2D eigenvalue weighted by Crippen LogP contribution is 2.34. The van der Waals surface area contributed by atoms with Crippen LogP contribution in [-0.2, 0) is 14.8 Å². The monoisotopic (exact) mass is 531 g/mol. The van der Waals surface area contributed by atoms with Gasteiger partial charge in [0.05, 0.1) is 46.4 Å². The summed E-state index contributed by atoms with van der Waals surface area (Å²) in [6, 6.07) is 3.42. The van der Waals surface area contributed by atoms with E-state index in [0.717, 1.165) is 9.88 Å². The first-order chi connectivity index (χ1) is 17.4. The van der Waals surface area contributed by atoms with Gasteiger partial charge >= 0.3 is 0 Å². The zero-order chi connectivity index (χ0) is 25.5. The first-order valence-corrected chi connectivity index (χ1v) is 14.0. The summed E-state index contributed by atoms with van der Waals surface area (Å²) in [6.07, 6.45) is 8.63. The van der Waals surface area contributed by atoms with Crippen LogP contribution in [0.5, 0.6) is 5.88 Å². The average Bonchev–Trinajstić information content (AvgIpc) is 3.62. The van der Waals surface area contributed by atoms with Crippen molar-refractivity contribution in [2.24, 2.45) is 0 Å². The molecule has 0 bridgehead atoms. The fourth-order valence-corrected chi connectivity index (χ4v) is 5.95. The van der Waals surface area contributed by atoms with Crippen molar-refractivity contribution < 1.29 is 17.9 Å². The summed E-state index contributed by atoms with van der Waals surface area (Å²) in [4.78, 5) is 31.5. The van der Waals surface area contributed by atoms with Crippen LogP contribution >= 0.6 is 11.3 Å². The molecule has 2 N–H and O–H groups in total. The number of carbonyl (C=O) groups is 1. The van der Waals surface area contributed by atoms with Gasteiger partial charge in [-0.25, -0.2) is 18.4 Å². The van der Waals surface area contributed by atoms with E-state index in [9.17, 15) is 13.2 Å². The molecular formula is C23H29N7O4S2. The topological polar surface area (TPSA) is 139 Å². The van der Waals surface area contributed by atoms with Crippen molar-refractivity contribution >= 4 is 33.5 Å². The fourth-order valence-electron chi connectivity index (χ4n) is 3.60. The van der Waals surface area contributed by atoms with Crippen LogP contribution in [0.4, 0.5) is 5.69 Å². The lowest BCUT2D eigenvalue weighted by Gasteiger charge is -2.23. The molecule has 0 spiro atoms. The molecule has 192 valence electrons. The van der Waals surface area contributed by atoms with Crippen LogP contribution in [0.15, 0.2) is 36.9 Å². The second-order valence-electron chi connectivity index (χ2n) is 8.44. The van der Waals surface area contributed by atoms with Crippen LogP contribution in [0, 0.1) is 0 Å². The summed E-state index contributed by atoms with van der Waals surface area (Å²) in [5.41, 5.74) is 1.83. The maximum absolute atomic E-state index is 12.5. The number of hydrogen-bond acceptors (Lipinski definition) is 10. The molecule has 3 aromatic rings. The number of nitrogens with one attached hydrogen (secondary N) is 2. The zero-order valence-corrected chi connectivity index (χ0v) is 21.8. The van der Waals surface area contributed by atoms with Crippen LogP contribution in [-0.4, -0.2) is 78.2 Å². The number of pyridine rings is 1. The average molecular weight is 532 g/mol. The van der Waals surface area contributed by atoms with Gasteiger partial charge in [-0.05, 0) is 38.9 Å². The number of carbonyl (C=O) groups excluding carboxylic acids is 1. The molecule has 0 radical (unpaired) electrons. The minimum atomic E-state index is -3.40. The van der Waals surface area contributed by atoms with E-state index in [1.54, 1.807) is 36.9 Å². The molecule has 36 heavy (non-hydrogen) atoms. The van der Waals surface area contributed by atoms with Gasteiger partial charge in [0.25, 0.3) is 0 Å². The SMILES string of the molecule is CCOc1cncc(-c2cnc(C(CN(C)CCNC=O)c3cc(NS(=O)(=O)C4CC4)ccn3)s2)n1. The fraction of sp³-hybridized carbons (Fsp3) is 0.435. The Morgan fingerprint density at radius 3 is 2.86 bits per heavy atom. The second kappa shape index (κ2) is 11.7. The number of hydrogen-bond donors (Lipinski definition) is 2. The Bertz CT molecular complexity index is 1280. The van der Waals surface area contributed by atoms with E-state index in [0.29, 0.717) is 68.4 Å². The molecule has 1 amide bonds. The van der Waals surface area contributed by atoms with Gasteiger partial charge in [0.15, 0.2) is 0 Å².